The van der Waals surface area contributed by atoms with Crippen LogP contribution in [0.1, 0.15) is 45.6 Å². The summed E-state index contributed by atoms with van der Waals surface area (Å²) in [6.07, 6.45) is 4.55. The van der Waals surface area contributed by atoms with Gasteiger partial charge >= 0.3 is 5.69 Å². The van der Waals surface area contributed by atoms with E-state index in [1.54, 1.807) is 12.1 Å². The number of halogens is 1. The topological polar surface area (TPSA) is 84.2 Å². The number of nitro groups is 1. The highest BCUT2D eigenvalue weighted by Crippen LogP contribution is 2.54. The summed E-state index contributed by atoms with van der Waals surface area (Å²) in [6.45, 7) is 9.48. The number of fused-ring (bicyclic) bond motifs is 2. The van der Waals surface area contributed by atoms with Crippen LogP contribution < -0.4 is 10.2 Å². The monoisotopic (exact) mass is 415 g/mol. The van der Waals surface area contributed by atoms with Crippen LogP contribution >= 0.6 is 11.6 Å². The van der Waals surface area contributed by atoms with E-state index < -0.39 is 0 Å². The lowest BCUT2D eigenvalue weighted by molar-refractivity contribution is -0.383. The van der Waals surface area contributed by atoms with Crippen molar-refractivity contribution in [1.82, 2.24) is 9.97 Å². The van der Waals surface area contributed by atoms with Crippen LogP contribution in [0, 0.1) is 27.9 Å². The van der Waals surface area contributed by atoms with Crippen LogP contribution in [0.4, 0.5) is 23.0 Å². The van der Waals surface area contributed by atoms with Crippen molar-refractivity contribution in [3.05, 3.63) is 45.2 Å². The average Bonchev–Trinajstić information content (AvgIpc) is 2.87. The van der Waals surface area contributed by atoms with Gasteiger partial charge in [-0.1, -0.05) is 38.4 Å². The molecule has 0 radical (unpaired) electrons. The third-order valence-corrected chi connectivity index (χ3v) is 6.60. The van der Waals surface area contributed by atoms with Crippen molar-refractivity contribution in [2.45, 2.75) is 53.0 Å². The highest BCUT2D eigenvalue weighted by atomic mass is 35.5. The Labute approximate surface area is 175 Å². The van der Waals surface area contributed by atoms with E-state index in [2.05, 4.69) is 41.0 Å². The number of benzene rings is 1. The number of rotatable bonds is 4. The molecule has 2 heterocycles. The molecule has 1 saturated carbocycles. The summed E-state index contributed by atoms with van der Waals surface area (Å²) in [5.74, 6) is 0.592. The number of anilines is 3. The highest BCUT2D eigenvalue weighted by Gasteiger charge is 2.51. The van der Waals surface area contributed by atoms with E-state index >= 15 is 0 Å². The second-order valence-corrected chi connectivity index (χ2v) is 9.94. The van der Waals surface area contributed by atoms with Crippen molar-refractivity contribution < 1.29 is 4.92 Å². The SMILES string of the molecule is Cc1c(Cl)cccc1Nc1ncnc(N2CC3(C)CC2CC(C)(C)C3)c1[N+](=O)[O-]. The van der Waals surface area contributed by atoms with Crippen LogP contribution in [0.3, 0.4) is 0 Å². The first-order valence-corrected chi connectivity index (χ1v) is 10.2. The highest BCUT2D eigenvalue weighted by molar-refractivity contribution is 6.31. The summed E-state index contributed by atoms with van der Waals surface area (Å²) in [5, 5.41) is 15.8. The fraction of sp³-hybridized carbons (Fsp3) is 0.524. The van der Waals surface area contributed by atoms with Gasteiger partial charge in [-0.05, 0) is 54.7 Å². The number of nitrogens with zero attached hydrogens (tertiary/aromatic N) is 4. The standard InChI is InChI=1S/C21H26ClN5O2/c1-13-15(22)6-5-7-16(13)25-18-17(27(28)29)19(24-12-23-18)26-11-21(4)9-14(26)8-20(2,3)10-21/h5-7,12,14H,8-11H2,1-4H3,(H,23,24,25). The Balaban J connectivity index is 1.75. The molecule has 2 unspecified atom stereocenters. The molecule has 1 saturated heterocycles. The van der Waals surface area contributed by atoms with Gasteiger partial charge in [-0.2, -0.15) is 0 Å². The quantitative estimate of drug-likeness (QED) is 0.524. The zero-order chi connectivity index (χ0) is 21.0. The number of aromatic nitrogens is 2. The van der Waals surface area contributed by atoms with E-state index in [0.29, 0.717) is 16.5 Å². The van der Waals surface area contributed by atoms with Crippen LogP contribution in [0.25, 0.3) is 0 Å². The van der Waals surface area contributed by atoms with Gasteiger partial charge in [-0.15, -0.1) is 0 Å². The van der Waals surface area contributed by atoms with Crippen molar-refractivity contribution in [2.24, 2.45) is 10.8 Å². The molecule has 2 atom stereocenters. The predicted molar refractivity (Wildman–Crippen MR) is 115 cm³/mol. The van der Waals surface area contributed by atoms with E-state index in [4.69, 9.17) is 11.6 Å². The van der Waals surface area contributed by atoms with Crippen molar-refractivity contribution in [3.8, 4) is 0 Å². The zero-order valence-corrected chi connectivity index (χ0v) is 18.0. The van der Waals surface area contributed by atoms with Gasteiger partial charge in [-0.25, -0.2) is 9.97 Å². The number of nitrogens with one attached hydrogen (secondary N) is 1. The molecule has 1 aliphatic carbocycles. The number of hydrogen-bond donors (Lipinski definition) is 1. The molecule has 2 aliphatic rings. The lowest BCUT2D eigenvalue weighted by Crippen LogP contribution is -2.35. The predicted octanol–water partition coefficient (Wildman–Crippen LogP) is 5.50. The van der Waals surface area contributed by atoms with E-state index in [0.717, 1.165) is 31.4 Å². The minimum absolute atomic E-state index is 0.0826. The Hall–Kier alpha value is -2.41. The largest absolute Gasteiger partial charge is 0.353 e. The van der Waals surface area contributed by atoms with Crippen LogP contribution in [-0.4, -0.2) is 27.5 Å². The molecule has 2 fully saturated rings. The maximum Gasteiger partial charge on any atom is 0.353 e. The molecular weight excluding hydrogens is 390 g/mol. The summed E-state index contributed by atoms with van der Waals surface area (Å²) in [5.41, 5.74) is 1.78. The molecule has 8 heteroatoms. The van der Waals surface area contributed by atoms with E-state index in [1.165, 1.54) is 6.33 Å². The Kier molecular flexibility index (Phi) is 4.69. The van der Waals surface area contributed by atoms with Gasteiger partial charge in [-0.3, -0.25) is 10.1 Å². The smallest absolute Gasteiger partial charge is 0.347 e. The zero-order valence-electron chi connectivity index (χ0n) is 17.2. The van der Waals surface area contributed by atoms with Crippen LogP contribution in [0.15, 0.2) is 24.5 Å². The summed E-state index contributed by atoms with van der Waals surface area (Å²) in [4.78, 5) is 22.4. The molecular formula is C21H26ClN5O2. The van der Waals surface area contributed by atoms with Crippen molar-refractivity contribution in [2.75, 3.05) is 16.8 Å². The second kappa shape index (κ2) is 6.83. The second-order valence-electron chi connectivity index (χ2n) is 9.53. The van der Waals surface area contributed by atoms with Crippen molar-refractivity contribution in [1.29, 1.82) is 0 Å². The molecule has 2 bridgehead atoms. The molecule has 7 nitrogen and oxygen atoms in total. The molecule has 1 N–H and O–H groups in total. The van der Waals surface area contributed by atoms with Crippen LogP contribution in [-0.2, 0) is 0 Å². The third kappa shape index (κ3) is 3.64. The van der Waals surface area contributed by atoms with E-state index in [9.17, 15) is 10.1 Å². The number of hydrogen-bond acceptors (Lipinski definition) is 6. The van der Waals surface area contributed by atoms with Gasteiger partial charge in [0.1, 0.15) is 6.33 Å². The molecule has 29 heavy (non-hydrogen) atoms. The van der Waals surface area contributed by atoms with Crippen molar-refractivity contribution in [3.63, 3.8) is 0 Å². The Morgan fingerprint density at radius 1 is 1.28 bits per heavy atom. The van der Waals surface area contributed by atoms with Crippen LogP contribution in [0.2, 0.25) is 5.02 Å². The maximum absolute atomic E-state index is 12.1. The van der Waals surface area contributed by atoms with E-state index in [1.807, 2.05) is 13.0 Å². The van der Waals surface area contributed by atoms with Gasteiger partial charge in [0.05, 0.1) is 4.92 Å². The Morgan fingerprint density at radius 3 is 2.76 bits per heavy atom. The van der Waals surface area contributed by atoms with Gasteiger partial charge in [0.25, 0.3) is 0 Å². The molecule has 0 amide bonds. The van der Waals surface area contributed by atoms with Gasteiger partial charge in [0.15, 0.2) is 0 Å². The lowest BCUT2D eigenvalue weighted by atomic mass is 9.65. The lowest BCUT2D eigenvalue weighted by Gasteiger charge is -2.39. The van der Waals surface area contributed by atoms with Crippen molar-refractivity contribution >= 4 is 34.6 Å². The fourth-order valence-electron chi connectivity index (χ4n) is 5.42. The normalized spacial score (nSPS) is 25.1. The molecule has 154 valence electrons. The van der Waals surface area contributed by atoms with Gasteiger partial charge < -0.3 is 10.2 Å². The molecule has 1 aromatic carbocycles. The molecule has 1 aromatic heterocycles. The third-order valence-electron chi connectivity index (χ3n) is 6.19. The first-order chi connectivity index (χ1) is 13.6. The summed E-state index contributed by atoms with van der Waals surface area (Å²) >= 11 is 6.21. The Bertz CT molecular complexity index is 980. The summed E-state index contributed by atoms with van der Waals surface area (Å²) < 4.78 is 0. The average molecular weight is 416 g/mol. The van der Waals surface area contributed by atoms with Crippen LogP contribution in [0.5, 0.6) is 0 Å². The molecule has 0 spiro atoms. The summed E-state index contributed by atoms with van der Waals surface area (Å²) in [6, 6.07) is 5.67. The molecule has 2 aromatic rings. The Morgan fingerprint density at radius 2 is 2.03 bits per heavy atom. The minimum Gasteiger partial charge on any atom is -0.347 e. The molecule has 4 rings (SSSR count). The summed E-state index contributed by atoms with van der Waals surface area (Å²) in [7, 11) is 0. The fourth-order valence-corrected chi connectivity index (χ4v) is 5.59. The van der Waals surface area contributed by atoms with Gasteiger partial charge in [0, 0.05) is 23.3 Å². The molecule has 1 aliphatic heterocycles. The van der Waals surface area contributed by atoms with Gasteiger partial charge in [0.2, 0.25) is 11.6 Å². The van der Waals surface area contributed by atoms with E-state index in [-0.39, 0.29) is 33.3 Å². The maximum atomic E-state index is 12.1. The first-order valence-electron chi connectivity index (χ1n) is 9.87. The first kappa shape index (κ1) is 19.9. The minimum atomic E-state index is -0.382.